The molecular formula is C18H25N3O3S. The Morgan fingerprint density at radius 2 is 1.72 bits per heavy atom. The SMILES string of the molecule is COc1cc(C2=NNC(=NC3CCCCC3)SC2)cc(OC)c1OC. The second-order valence-electron chi connectivity index (χ2n) is 6.10. The van der Waals surface area contributed by atoms with Gasteiger partial charge >= 0.3 is 0 Å². The first-order chi connectivity index (χ1) is 12.2. The summed E-state index contributed by atoms with van der Waals surface area (Å²) in [6, 6.07) is 4.29. The molecule has 7 heteroatoms. The van der Waals surface area contributed by atoms with Gasteiger partial charge in [-0.05, 0) is 25.0 Å². The van der Waals surface area contributed by atoms with Crippen molar-refractivity contribution in [3.63, 3.8) is 0 Å². The molecule has 0 atom stereocenters. The van der Waals surface area contributed by atoms with Crippen LogP contribution in [0.4, 0.5) is 0 Å². The molecule has 0 spiro atoms. The Morgan fingerprint density at radius 3 is 2.24 bits per heavy atom. The van der Waals surface area contributed by atoms with E-state index in [0.717, 1.165) is 22.2 Å². The van der Waals surface area contributed by atoms with Crippen LogP contribution in [0.2, 0.25) is 0 Å². The van der Waals surface area contributed by atoms with Crippen molar-refractivity contribution < 1.29 is 14.2 Å². The summed E-state index contributed by atoms with van der Waals surface area (Å²) in [5, 5.41) is 5.44. The summed E-state index contributed by atoms with van der Waals surface area (Å²) in [6.45, 7) is 0. The molecule has 1 heterocycles. The first-order valence-corrected chi connectivity index (χ1v) is 9.57. The average Bonchev–Trinajstić information content (AvgIpc) is 2.68. The Bertz CT molecular complexity index is 645. The van der Waals surface area contributed by atoms with Gasteiger partial charge in [-0.3, -0.25) is 10.4 Å². The predicted octanol–water partition coefficient (Wildman–Crippen LogP) is 3.44. The monoisotopic (exact) mass is 363 g/mol. The fourth-order valence-electron chi connectivity index (χ4n) is 3.15. The first-order valence-electron chi connectivity index (χ1n) is 8.58. The van der Waals surface area contributed by atoms with E-state index < -0.39 is 0 Å². The molecule has 1 N–H and O–H groups in total. The molecular weight excluding hydrogens is 338 g/mol. The molecule has 6 nitrogen and oxygen atoms in total. The van der Waals surface area contributed by atoms with Crippen molar-refractivity contribution in [3.8, 4) is 17.2 Å². The largest absolute Gasteiger partial charge is 0.493 e. The Balaban J connectivity index is 1.78. The molecule has 1 saturated carbocycles. The lowest BCUT2D eigenvalue weighted by molar-refractivity contribution is 0.324. The van der Waals surface area contributed by atoms with Gasteiger partial charge in [-0.15, -0.1) is 0 Å². The number of methoxy groups -OCH3 is 3. The number of hydrogen-bond donors (Lipinski definition) is 1. The van der Waals surface area contributed by atoms with E-state index in [-0.39, 0.29) is 0 Å². The van der Waals surface area contributed by atoms with Crippen LogP contribution in [0.25, 0.3) is 0 Å². The minimum Gasteiger partial charge on any atom is -0.493 e. The Kier molecular flexibility index (Phi) is 6.07. The molecule has 0 bridgehead atoms. The maximum absolute atomic E-state index is 5.42. The van der Waals surface area contributed by atoms with E-state index in [2.05, 4.69) is 10.5 Å². The van der Waals surface area contributed by atoms with Crippen LogP contribution in [-0.4, -0.2) is 44.0 Å². The van der Waals surface area contributed by atoms with Crippen molar-refractivity contribution in [1.82, 2.24) is 5.43 Å². The van der Waals surface area contributed by atoms with Crippen LogP contribution in [0.5, 0.6) is 17.2 Å². The maximum Gasteiger partial charge on any atom is 0.203 e. The fraction of sp³-hybridized carbons (Fsp3) is 0.556. The Labute approximate surface area is 153 Å². The topological polar surface area (TPSA) is 64.4 Å². The van der Waals surface area contributed by atoms with Crippen LogP contribution in [0, 0.1) is 0 Å². The number of aliphatic imine (C=N–C) groups is 1. The van der Waals surface area contributed by atoms with Crippen molar-refractivity contribution >= 4 is 22.6 Å². The van der Waals surface area contributed by atoms with Crippen molar-refractivity contribution in [2.45, 2.75) is 38.1 Å². The van der Waals surface area contributed by atoms with Crippen molar-refractivity contribution in [2.24, 2.45) is 10.1 Å². The van der Waals surface area contributed by atoms with E-state index in [4.69, 9.17) is 19.2 Å². The number of nitrogens with one attached hydrogen (secondary N) is 1. The molecule has 136 valence electrons. The van der Waals surface area contributed by atoms with E-state index in [0.29, 0.717) is 23.3 Å². The fourth-order valence-corrected chi connectivity index (χ4v) is 3.99. The smallest absolute Gasteiger partial charge is 0.203 e. The van der Waals surface area contributed by atoms with Gasteiger partial charge in [0.1, 0.15) is 0 Å². The lowest BCUT2D eigenvalue weighted by Gasteiger charge is -2.21. The number of amidine groups is 1. The van der Waals surface area contributed by atoms with Gasteiger partial charge in [-0.1, -0.05) is 31.0 Å². The summed E-state index contributed by atoms with van der Waals surface area (Å²) in [5.41, 5.74) is 4.99. The number of hydrazone groups is 1. The van der Waals surface area contributed by atoms with Gasteiger partial charge in [0, 0.05) is 11.3 Å². The highest BCUT2D eigenvalue weighted by atomic mass is 32.2. The van der Waals surface area contributed by atoms with Crippen LogP contribution in [0.15, 0.2) is 22.2 Å². The Morgan fingerprint density at radius 1 is 1.04 bits per heavy atom. The van der Waals surface area contributed by atoms with Crippen molar-refractivity contribution in [3.05, 3.63) is 17.7 Å². The highest BCUT2D eigenvalue weighted by Crippen LogP contribution is 2.38. The molecule has 0 amide bonds. The van der Waals surface area contributed by atoms with Crippen LogP contribution in [-0.2, 0) is 0 Å². The number of ether oxygens (including phenoxy) is 3. The summed E-state index contributed by atoms with van der Waals surface area (Å²) in [4.78, 5) is 4.81. The van der Waals surface area contributed by atoms with Crippen molar-refractivity contribution in [1.29, 1.82) is 0 Å². The highest BCUT2D eigenvalue weighted by molar-refractivity contribution is 8.14. The second kappa shape index (κ2) is 8.47. The zero-order valence-corrected chi connectivity index (χ0v) is 15.8. The summed E-state index contributed by atoms with van der Waals surface area (Å²) in [6.07, 6.45) is 6.29. The van der Waals surface area contributed by atoms with E-state index >= 15 is 0 Å². The molecule has 0 saturated heterocycles. The van der Waals surface area contributed by atoms with Crippen LogP contribution < -0.4 is 19.6 Å². The number of nitrogens with zero attached hydrogens (tertiary/aromatic N) is 2. The summed E-state index contributed by atoms with van der Waals surface area (Å²) < 4.78 is 16.2. The molecule has 1 fully saturated rings. The minimum absolute atomic E-state index is 0.446. The van der Waals surface area contributed by atoms with Gasteiger partial charge in [0.05, 0.1) is 33.1 Å². The van der Waals surface area contributed by atoms with Gasteiger partial charge < -0.3 is 14.2 Å². The molecule has 2 aliphatic rings. The number of benzene rings is 1. The van der Waals surface area contributed by atoms with E-state index in [1.165, 1.54) is 32.1 Å². The predicted molar refractivity (Wildman–Crippen MR) is 103 cm³/mol. The Hall–Kier alpha value is -1.89. The summed E-state index contributed by atoms with van der Waals surface area (Å²) >= 11 is 1.69. The van der Waals surface area contributed by atoms with Gasteiger partial charge in [0.15, 0.2) is 16.7 Å². The molecule has 1 aromatic carbocycles. The maximum atomic E-state index is 5.42. The van der Waals surface area contributed by atoms with Gasteiger partial charge in [-0.2, -0.15) is 5.10 Å². The summed E-state index contributed by atoms with van der Waals surface area (Å²) in [7, 11) is 4.83. The quantitative estimate of drug-likeness (QED) is 0.868. The molecule has 0 radical (unpaired) electrons. The second-order valence-corrected chi connectivity index (χ2v) is 7.06. The lowest BCUT2D eigenvalue weighted by atomic mass is 9.96. The standard InChI is InChI=1S/C18H25N3O3S/c1-22-15-9-12(10-16(23-2)17(15)24-3)14-11-25-18(21-20-14)19-13-7-5-4-6-8-13/h9-10,13H,4-8,11H2,1-3H3,(H,19,21). The van der Waals surface area contributed by atoms with Crippen LogP contribution in [0.1, 0.15) is 37.7 Å². The minimum atomic E-state index is 0.446. The van der Waals surface area contributed by atoms with Gasteiger partial charge in [0.25, 0.3) is 0 Å². The third-order valence-corrected chi connectivity index (χ3v) is 5.39. The third kappa shape index (κ3) is 4.21. The lowest BCUT2D eigenvalue weighted by Crippen LogP contribution is -2.27. The normalized spacial score (nSPS) is 20.0. The van der Waals surface area contributed by atoms with E-state index in [1.54, 1.807) is 33.1 Å². The molecule has 3 rings (SSSR count). The first kappa shape index (κ1) is 17.9. The molecule has 1 aliphatic carbocycles. The van der Waals surface area contributed by atoms with Gasteiger partial charge in [-0.25, -0.2) is 0 Å². The van der Waals surface area contributed by atoms with Crippen LogP contribution >= 0.6 is 11.8 Å². The average molecular weight is 363 g/mol. The molecule has 1 aromatic rings. The molecule has 1 aliphatic heterocycles. The highest BCUT2D eigenvalue weighted by Gasteiger charge is 2.20. The number of rotatable bonds is 5. The molecule has 0 unspecified atom stereocenters. The van der Waals surface area contributed by atoms with Gasteiger partial charge in [0.2, 0.25) is 5.75 Å². The molecule has 0 aromatic heterocycles. The third-order valence-electron chi connectivity index (χ3n) is 4.50. The number of thioether (sulfide) groups is 1. The zero-order valence-electron chi connectivity index (χ0n) is 15.0. The van der Waals surface area contributed by atoms with Crippen molar-refractivity contribution in [2.75, 3.05) is 27.1 Å². The van der Waals surface area contributed by atoms with Crippen LogP contribution in [0.3, 0.4) is 0 Å². The summed E-state index contributed by atoms with van der Waals surface area (Å²) in [5.74, 6) is 2.61. The molecule has 25 heavy (non-hydrogen) atoms. The zero-order chi connectivity index (χ0) is 17.6. The number of hydrogen-bond acceptors (Lipinski definition) is 6. The van der Waals surface area contributed by atoms with E-state index in [1.807, 2.05) is 12.1 Å². The van der Waals surface area contributed by atoms with E-state index in [9.17, 15) is 0 Å².